The molecule has 0 radical (unpaired) electrons. The third kappa shape index (κ3) is 28.3. The Kier molecular flexibility index (Phi) is 39.9. The highest BCUT2D eigenvalue weighted by Crippen LogP contribution is 2.61. The Bertz CT molecular complexity index is 6810. The van der Waals surface area contributed by atoms with E-state index in [2.05, 4.69) is 62.1 Å². The molecular formula is C76H112N20O45P6S3. The number of anilines is 4. The van der Waals surface area contributed by atoms with Crippen LogP contribution in [0.2, 0.25) is 0 Å². The first-order chi connectivity index (χ1) is 71.1. The van der Waals surface area contributed by atoms with Crippen LogP contribution in [-0.2, 0) is 172 Å². The average molecular weight is 2310 g/mol. The summed E-state index contributed by atoms with van der Waals surface area (Å²) >= 11 is 15.1. The first-order valence-corrected chi connectivity index (χ1v) is 57.4. The Morgan fingerprint density at radius 2 is 0.767 bits per heavy atom. The number of rotatable bonds is 55. The van der Waals surface area contributed by atoms with Crippen molar-refractivity contribution in [2.75, 3.05) is 171 Å². The average Bonchev–Trinajstić information content (AvgIpc) is 1.61. The molecule has 834 valence electrons. The molecule has 74 heteroatoms. The highest BCUT2D eigenvalue weighted by molar-refractivity contribution is 8.44. The number of aromatic nitrogens is 16. The van der Waals surface area contributed by atoms with Crippen molar-refractivity contribution in [2.45, 2.75) is 175 Å². The fourth-order valence-electron chi connectivity index (χ4n) is 16.6. The predicted molar refractivity (Wildman–Crippen MR) is 518 cm³/mol. The Balaban J connectivity index is 0.770. The van der Waals surface area contributed by atoms with E-state index in [1.54, 1.807) is 0 Å². The zero-order chi connectivity index (χ0) is 109. The second kappa shape index (κ2) is 50.7. The summed E-state index contributed by atoms with van der Waals surface area (Å²) in [5.41, 5.74) is 17.5. The number of hydrogen-bond acceptors (Lipinski definition) is 53. The molecule has 14 rings (SSSR count). The Morgan fingerprint density at radius 3 is 1.20 bits per heavy atom. The number of imidazole rings is 2. The van der Waals surface area contributed by atoms with Crippen LogP contribution < -0.4 is 62.4 Å². The lowest BCUT2D eigenvalue weighted by molar-refractivity contribution is -0.0844. The molecule has 0 aliphatic carbocycles. The number of phosphoric ester groups is 3. The number of nitrogens with one attached hydrogen (secondary N) is 3. The molecule has 8 aromatic rings. The zero-order valence-electron chi connectivity index (χ0n) is 81.0. The van der Waals surface area contributed by atoms with E-state index in [4.69, 9.17) is 177 Å². The van der Waals surface area contributed by atoms with Gasteiger partial charge in [-0.1, -0.05) is 12.2 Å². The van der Waals surface area contributed by atoms with Crippen LogP contribution in [0.5, 0.6) is 0 Å². The van der Waals surface area contributed by atoms with E-state index in [0.29, 0.717) is 5.56 Å². The molecule has 0 spiro atoms. The maximum atomic E-state index is 15.5. The number of ether oxygens (including phenoxy) is 16. The molecule has 6 aliphatic heterocycles. The number of nitrogens with two attached hydrogens (primary N) is 4. The van der Waals surface area contributed by atoms with Gasteiger partial charge in [0.1, 0.15) is 127 Å². The van der Waals surface area contributed by atoms with E-state index in [1.807, 2.05) is 0 Å². The van der Waals surface area contributed by atoms with Gasteiger partial charge in [-0.25, -0.2) is 57.4 Å². The molecule has 6 aliphatic rings. The lowest BCUT2D eigenvalue weighted by Gasteiger charge is -2.29. The maximum absolute atomic E-state index is 15.5. The van der Waals surface area contributed by atoms with Crippen LogP contribution in [-0.4, -0.2) is 359 Å². The summed E-state index contributed by atoms with van der Waals surface area (Å²) in [6.45, 7) is -17.6. The van der Waals surface area contributed by atoms with Crippen molar-refractivity contribution in [3.63, 3.8) is 0 Å². The van der Waals surface area contributed by atoms with Crippen LogP contribution in [0, 0.1) is 27.7 Å². The van der Waals surface area contributed by atoms with Crippen molar-refractivity contribution in [3.05, 3.63) is 139 Å². The van der Waals surface area contributed by atoms with Gasteiger partial charge in [-0.15, -0.1) is 0 Å². The van der Waals surface area contributed by atoms with Crippen molar-refractivity contribution in [3.8, 4) is 0 Å². The van der Waals surface area contributed by atoms with Gasteiger partial charge < -0.3 is 142 Å². The topological polar surface area (TPSA) is 839 Å². The number of phosphoric acid groups is 3. The first-order valence-electron chi connectivity index (χ1n) is 45.0. The van der Waals surface area contributed by atoms with Crippen LogP contribution in [0.15, 0.2) is 77.3 Å². The van der Waals surface area contributed by atoms with E-state index in [1.165, 1.54) is 86.5 Å². The highest BCUT2D eigenvalue weighted by atomic mass is 32.7. The largest absolute Gasteiger partial charge is 0.472 e. The number of hydrogen-bond donors (Lipinski definition) is 14. The van der Waals surface area contributed by atoms with Crippen molar-refractivity contribution in [2.24, 2.45) is 0 Å². The number of fused-ring (bicyclic) bond motifs is 2. The molecule has 0 aromatic carbocycles. The number of aromatic amines is 3. The minimum absolute atomic E-state index is 0.00213. The van der Waals surface area contributed by atoms with Gasteiger partial charge in [-0.2, -0.15) is 15.0 Å². The number of H-pyrrole nitrogens is 3. The van der Waals surface area contributed by atoms with Gasteiger partial charge in [0, 0.05) is 96.1 Å². The van der Waals surface area contributed by atoms with Gasteiger partial charge in [0.05, 0.1) is 124 Å². The zero-order valence-corrected chi connectivity index (χ0v) is 88.9. The van der Waals surface area contributed by atoms with Gasteiger partial charge in [-0.3, -0.25) is 97.5 Å². The molecule has 0 bridgehead atoms. The Morgan fingerprint density at radius 1 is 0.393 bits per heavy atom. The minimum atomic E-state index is -6.05. The van der Waals surface area contributed by atoms with Crippen LogP contribution in [0.1, 0.15) is 66.0 Å². The summed E-state index contributed by atoms with van der Waals surface area (Å²) in [4.78, 5) is 189. The van der Waals surface area contributed by atoms with Crippen LogP contribution in [0.3, 0.4) is 0 Å². The van der Waals surface area contributed by atoms with Gasteiger partial charge in [0.25, 0.3) is 16.7 Å². The predicted octanol–water partition coefficient (Wildman–Crippen LogP) is -2.13. The Hall–Kier alpha value is -7.57. The molecule has 0 saturated carbocycles. The minimum Gasteiger partial charge on any atom is -0.394 e. The fraction of sp³-hybridized carbons (Fsp3) is 0.658. The monoisotopic (exact) mass is 2310 g/mol. The summed E-state index contributed by atoms with van der Waals surface area (Å²) in [6, 6.07) is 0. The second-order valence-electron chi connectivity index (χ2n) is 33.8. The summed E-state index contributed by atoms with van der Waals surface area (Å²) in [7, 11) is -10.4. The summed E-state index contributed by atoms with van der Waals surface area (Å²) in [5.74, 6) is -0.991. The lowest BCUT2D eigenvalue weighted by atomic mass is 10.1. The molecule has 8 aromatic heterocycles. The quantitative estimate of drug-likeness (QED) is 0.0110. The maximum Gasteiger partial charge on any atom is 0.472 e. The lowest BCUT2D eigenvalue weighted by Crippen LogP contribution is -2.42. The molecule has 14 heterocycles. The van der Waals surface area contributed by atoms with Gasteiger partial charge >= 0.3 is 66.5 Å². The highest BCUT2D eigenvalue weighted by Gasteiger charge is 2.60. The SMILES string of the molecule is COCCOC1[C@@H](OP(=O)(O)OC[C@H]2O[C@@H](n3cnc4c(N)ncnc43)C(OCCOC)[C@H]2OP(=O)(S)OC[C@H]2O[C@@H](n3cc(C)c(=O)[nH]c3=O)C[C@H]2OP(O)(=S)OC)[C@@H](COP(=O)(O)O[C@@H]2C(OCCOC)[C@H](n3cnc4c(=O)[nH]c(N)nc43)O[C@@H]2COP(=O)(O)O[C@@H]2C(OCCOC)[C@H](n3cc(C)c(=O)[nH]c3=O)O[C@@H]2COP(O)(=S)O[C@@H]2C(OCCOC)[C@H](n3cc(C)c(N)nc3=O)O[C@@H]2CO)O[C@H]1n1cc(C)c(N)nc1=O. The second-order valence-corrected chi connectivity index (χ2v) is 46.6. The number of nitrogen functional groups attached to an aromatic ring is 4. The van der Waals surface area contributed by atoms with Crippen LogP contribution >= 0.6 is 56.0 Å². The van der Waals surface area contributed by atoms with Crippen molar-refractivity contribution in [1.29, 1.82) is 0 Å². The standard InChI is InChI=1S/C76H112N20O45P6S3/c1-35-22-92(73(101)85-59(35)77)67-54(120-16-11-114-5)49(40(26-97)131-67)140-147(113,150)129-31-45-52(56(122-18-13-116-7)69(133-45)94-25-38(4)65(99)90-76(94)104)139-143(107,108)126-29-43-51(57(123-19-14-117-8)71(134-43)96-34-84-48-63(96)87-72(80)88-66(48)100)138-142(105,106)125-28-42-50(55(121-17-12-115-6)68(132-42)93-23-36(2)60(78)86-74(93)102)137-144(109,110)127-30-44-53(58(124-20-15-118-9)70(135-44)95-33-83-47-61(79)81-32-82-62(47)95)141-146(112,149)128-27-41-39(136-145(111,148)119-10)21-46(130-41)91-24-37(3)64(98)89-75(91)103/h22-25,32-34,39-46,49-58,67-71,97H,11-21,26-31H2,1-10H3,(H,105,106)(H,107,108)(H,109,110)(H,111,148)(H,112,149)(H,113,150)(H2,77,85,101)(H2,78,86,102)(H2,79,81,82)(H,89,98,103)(H,90,99,104)(H3,80,87,88,100)/t39-,40-,41-,42-,43-,44-,45-,46-,49+,50+,51+,52+,53+,54?,55?,56?,57?,58?,67-,68-,69-,70-,71-,145?,146?,147?/m1/s1. The molecule has 29 atom stereocenters. The fourth-order valence-corrected chi connectivity index (χ4v) is 23.4. The molecule has 11 unspecified atom stereocenters. The van der Waals surface area contributed by atoms with Gasteiger partial charge in [0.15, 0.2) is 53.8 Å². The van der Waals surface area contributed by atoms with E-state index in [0.717, 1.165) is 55.0 Å². The number of methoxy groups -OCH3 is 5. The summed E-state index contributed by atoms with van der Waals surface area (Å²) in [5, 5.41) is 10.8. The van der Waals surface area contributed by atoms with Crippen molar-refractivity contribution < 1.29 is 178 Å². The van der Waals surface area contributed by atoms with Gasteiger partial charge in [-0.05, 0) is 51.3 Å². The van der Waals surface area contributed by atoms with E-state index >= 15 is 18.3 Å². The molecule has 6 saturated heterocycles. The number of aliphatic hydroxyl groups is 1. The van der Waals surface area contributed by atoms with E-state index in [-0.39, 0.29) is 109 Å². The molecule has 150 heavy (non-hydrogen) atoms. The van der Waals surface area contributed by atoms with Gasteiger partial charge in [0.2, 0.25) is 5.95 Å². The van der Waals surface area contributed by atoms with Crippen molar-refractivity contribution in [1.82, 2.24) is 77.2 Å². The van der Waals surface area contributed by atoms with E-state index < -0.39 is 290 Å². The number of aryl methyl sites for hydroxylation is 4. The third-order valence-electron chi connectivity index (χ3n) is 23.7. The summed E-state index contributed by atoms with van der Waals surface area (Å²) in [6.07, 6.45) is -32.6. The Labute approximate surface area is 861 Å². The molecule has 6 fully saturated rings. The number of aliphatic hydroxyl groups excluding tert-OH is 1. The van der Waals surface area contributed by atoms with Crippen LogP contribution in [0.4, 0.5) is 23.4 Å². The normalized spacial score (nSPS) is 29.0. The molecule has 0 amide bonds. The van der Waals surface area contributed by atoms with Crippen LogP contribution in [0.25, 0.3) is 22.3 Å². The summed E-state index contributed by atoms with van der Waals surface area (Å²) < 4.78 is 234. The number of thiol groups is 1. The van der Waals surface area contributed by atoms with Crippen molar-refractivity contribution >= 4 is 125 Å². The molecular weight excluding hydrogens is 2190 g/mol. The van der Waals surface area contributed by atoms with E-state index in [9.17, 15) is 63.1 Å². The first kappa shape index (κ1) is 118. The third-order valence-corrected chi connectivity index (χ3v) is 31.6. The number of nitrogens with zero attached hydrogens (tertiary/aromatic N) is 13. The molecule has 17 N–H and O–H groups in total. The smallest absolute Gasteiger partial charge is 0.394 e. The molecule has 65 nitrogen and oxygen atoms in total.